The van der Waals surface area contributed by atoms with Crippen LogP contribution in [-0.4, -0.2) is 30.4 Å². The lowest BCUT2D eigenvalue weighted by Crippen LogP contribution is -2.39. The first kappa shape index (κ1) is 13.1. The molecule has 0 bridgehead atoms. The zero-order valence-corrected chi connectivity index (χ0v) is 10.8. The summed E-state index contributed by atoms with van der Waals surface area (Å²) in [5.41, 5.74) is 0.310. The number of carbonyl (C=O) groups is 1. The number of likely N-dealkylation sites (tertiary alicyclic amines) is 1. The maximum absolute atomic E-state index is 13.5. The van der Waals surface area contributed by atoms with Gasteiger partial charge < -0.3 is 10.2 Å². The summed E-state index contributed by atoms with van der Waals surface area (Å²) in [5, 5.41) is 3.16. The maximum atomic E-state index is 13.5. The van der Waals surface area contributed by atoms with Crippen LogP contribution in [0.25, 0.3) is 0 Å². The van der Waals surface area contributed by atoms with Gasteiger partial charge in [0.1, 0.15) is 5.82 Å². The number of carbonyl (C=O) groups excluding carboxylic acids is 1. The average molecular weight is 271 g/mol. The first-order chi connectivity index (χ1) is 8.66. The van der Waals surface area contributed by atoms with E-state index in [1.54, 1.807) is 12.1 Å². The number of rotatable bonds is 3. The number of nitrogens with zero attached hydrogens (tertiary/aromatic N) is 1. The van der Waals surface area contributed by atoms with E-state index in [9.17, 15) is 9.18 Å². The van der Waals surface area contributed by atoms with Gasteiger partial charge in [-0.1, -0.05) is 11.6 Å². The highest BCUT2D eigenvalue weighted by molar-refractivity contribution is 6.30. The summed E-state index contributed by atoms with van der Waals surface area (Å²) >= 11 is 5.66. The highest BCUT2D eigenvalue weighted by Crippen LogP contribution is 2.18. The normalized spacial score (nSPS) is 15.6. The number of hydrogen-bond acceptors (Lipinski definition) is 2. The summed E-state index contributed by atoms with van der Waals surface area (Å²) < 4.78 is 13.5. The molecule has 1 saturated heterocycles. The molecule has 1 heterocycles. The highest BCUT2D eigenvalue weighted by Gasteiger charge is 2.16. The van der Waals surface area contributed by atoms with Crippen molar-refractivity contribution in [3.63, 3.8) is 0 Å². The monoisotopic (exact) mass is 270 g/mol. The van der Waals surface area contributed by atoms with E-state index >= 15 is 0 Å². The second-order valence-electron chi connectivity index (χ2n) is 4.42. The number of halogens is 2. The first-order valence-corrected chi connectivity index (χ1v) is 6.51. The van der Waals surface area contributed by atoms with Crippen molar-refractivity contribution in [2.45, 2.75) is 19.3 Å². The van der Waals surface area contributed by atoms with Gasteiger partial charge in [0.2, 0.25) is 5.91 Å². The fourth-order valence-electron chi connectivity index (χ4n) is 2.06. The molecule has 0 atom stereocenters. The zero-order valence-electron chi connectivity index (χ0n) is 10.1. The van der Waals surface area contributed by atoms with Crippen LogP contribution in [0.2, 0.25) is 5.02 Å². The minimum Gasteiger partial charge on any atom is -0.374 e. The highest BCUT2D eigenvalue weighted by atomic mass is 35.5. The summed E-state index contributed by atoms with van der Waals surface area (Å²) in [6, 6.07) is 4.37. The Bertz CT molecular complexity index is 433. The number of piperidine rings is 1. The smallest absolute Gasteiger partial charge is 0.241 e. The Morgan fingerprint density at radius 1 is 1.33 bits per heavy atom. The molecule has 1 fully saturated rings. The van der Waals surface area contributed by atoms with Crippen LogP contribution in [0.1, 0.15) is 19.3 Å². The number of hydrogen-bond donors (Lipinski definition) is 1. The molecule has 1 aromatic rings. The summed E-state index contributed by atoms with van der Waals surface area (Å²) in [4.78, 5) is 13.7. The summed E-state index contributed by atoms with van der Waals surface area (Å²) in [7, 11) is 0. The predicted molar refractivity (Wildman–Crippen MR) is 70.3 cm³/mol. The molecule has 5 heteroatoms. The van der Waals surface area contributed by atoms with Crippen LogP contribution in [0.4, 0.5) is 10.1 Å². The number of nitrogens with one attached hydrogen (secondary N) is 1. The Morgan fingerprint density at radius 3 is 2.72 bits per heavy atom. The molecule has 1 aromatic carbocycles. The van der Waals surface area contributed by atoms with Gasteiger partial charge >= 0.3 is 0 Å². The maximum Gasteiger partial charge on any atom is 0.241 e. The fraction of sp³-hybridized carbons (Fsp3) is 0.462. The zero-order chi connectivity index (χ0) is 13.0. The quantitative estimate of drug-likeness (QED) is 0.916. The minimum atomic E-state index is -0.436. The van der Waals surface area contributed by atoms with Gasteiger partial charge in [0.05, 0.1) is 12.2 Å². The largest absolute Gasteiger partial charge is 0.374 e. The molecule has 1 amide bonds. The van der Waals surface area contributed by atoms with Crippen molar-refractivity contribution in [2.24, 2.45) is 0 Å². The van der Waals surface area contributed by atoms with Crippen LogP contribution >= 0.6 is 11.6 Å². The van der Waals surface area contributed by atoms with Gasteiger partial charge in [-0.05, 0) is 37.5 Å². The molecular weight excluding hydrogens is 255 g/mol. The molecule has 3 nitrogen and oxygen atoms in total. The molecule has 0 saturated carbocycles. The van der Waals surface area contributed by atoms with E-state index < -0.39 is 5.82 Å². The molecule has 2 rings (SSSR count). The number of benzene rings is 1. The van der Waals surface area contributed by atoms with Crippen LogP contribution in [-0.2, 0) is 4.79 Å². The van der Waals surface area contributed by atoms with Gasteiger partial charge in [0.25, 0.3) is 0 Å². The van der Waals surface area contributed by atoms with Gasteiger partial charge in [-0.25, -0.2) is 4.39 Å². The lowest BCUT2D eigenvalue weighted by Gasteiger charge is -2.26. The molecule has 1 aliphatic rings. The molecule has 98 valence electrons. The van der Waals surface area contributed by atoms with E-state index in [1.807, 2.05) is 4.90 Å². The topological polar surface area (TPSA) is 32.3 Å². The standard InChI is InChI=1S/C13H16ClFN2O/c14-10-4-5-12(11(15)8-10)16-9-13(18)17-6-2-1-3-7-17/h4-5,8,16H,1-3,6-7,9H2. The van der Waals surface area contributed by atoms with Gasteiger partial charge in [0, 0.05) is 18.1 Å². The Balaban J connectivity index is 1.88. The van der Waals surface area contributed by atoms with Crippen LogP contribution in [0.15, 0.2) is 18.2 Å². The van der Waals surface area contributed by atoms with Crippen molar-refractivity contribution in [3.05, 3.63) is 29.0 Å². The van der Waals surface area contributed by atoms with E-state index in [0.29, 0.717) is 10.7 Å². The van der Waals surface area contributed by atoms with E-state index in [2.05, 4.69) is 5.32 Å². The van der Waals surface area contributed by atoms with Crippen molar-refractivity contribution in [3.8, 4) is 0 Å². The Labute approximate surface area is 111 Å². The molecule has 1 N–H and O–H groups in total. The van der Waals surface area contributed by atoms with Crippen molar-refractivity contribution in [1.82, 2.24) is 4.90 Å². The minimum absolute atomic E-state index is 0.0176. The fourth-order valence-corrected chi connectivity index (χ4v) is 2.22. The molecule has 0 aromatic heterocycles. The Hall–Kier alpha value is -1.29. The number of anilines is 1. The van der Waals surface area contributed by atoms with Gasteiger partial charge in [0.15, 0.2) is 0 Å². The second-order valence-corrected chi connectivity index (χ2v) is 4.86. The second kappa shape index (κ2) is 6.05. The van der Waals surface area contributed by atoms with E-state index in [4.69, 9.17) is 11.6 Å². The van der Waals surface area contributed by atoms with E-state index in [0.717, 1.165) is 25.9 Å². The third-order valence-electron chi connectivity index (χ3n) is 3.07. The van der Waals surface area contributed by atoms with Crippen LogP contribution in [0.5, 0.6) is 0 Å². The summed E-state index contributed by atoms with van der Waals surface area (Å²) in [6.07, 6.45) is 3.30. The Kier molecular flexibility index (Phi) is 4.42. The molecule has 18 heavy (non-hydrogen) atoms. The van der Waals surface area contributed by atoms with Crippen molar-refractivity contribution in [1.29, 1.82) is 0 Å². The molecule has 0 aliphatic carbocycles. The lowest BCUT2D eigenvalue weighted by atomic mass is 10.1. The summed E-state index contributed by atoms with van der Waals surface area (Å²) in [5.74, 6) is -0.419. The van der Waals surface area contributed by atoms with Crippen molar-refractivity contribution in [2.75, 3.05) is 25.0 Å². The van der Waals surface area contributed by atoms with E-state index in [1.165, 1.54) is 12.5 Å². The van der Waals surface area contributed by atoms with Crippen LogP contribution < -0.4 is 5.32 Å². The Morgan fingerprint density at radius 2 is 2.06 bits per heavy atom. The van der Waals surface area contributed by atoms with Crippen molar-refractivity contribution >= 4 is 23.2 Å². The molecular formula is C13H16ClFN2O. The van der Waals surface area contributed by atoms with E-state index in [-0.39, 0.29) is 12.5 Å². The SMILES string of the molecule is O=C(CNc1ccc(Cl)cc1F)N1CCCCC1. The number of amides is 1. The van der Waals surface area contributed by atoms with Gasteiger partial charge in [-0.3, -0.25) is 4.79 Å². The predicted octanol–water partition coefficient (Wildman–Crippen LogP) is 2.90. The third kappa shape index (κ3) is 3.35. The van der Waals surface area contributed by atoms with Crippen LogP contribution in [0, 0.1) is 5.82 Å². The summed E-state index contributed by atoms with van der Waals surface area (Å²) in [6.45, 7) is 1.74. The molecule has 0 radical (unpaired) electrons. The first-order valence-electron chi connectivity index (χ1n) is 6.13. The molecule has 1 aliphatic heterocycles. The lowest BCUT2D eigenvalue weighted by molar-refractivity contribution is -0.130. The molecule has 0 spiro atoms. The van der Waals surface area contributed by atoms with Crippen molar-refractivity contribution < 1.29 is 9.18 Å². The van der Waals surface area contributed by atoms with Gasteiger partial charge in [-0.2, -0.15) is 0 Å². The molecule has 0 unspecified atom stereocenters. The average Bonchev–Trinajstić information content (AvgIpc) is 2.38. The third-order valence-corrected chi connectivity index (χ3v) is 3.31. The van der Waals surface area contributed by atoms with Crippen LogP contribution in [0.3, 0.4) is 0 Å². The van der Waals surface area contributed by atoms with Gasteiger partial charge in [-0.15, -0.1) is 0 Å².